The van der Waals surface area contributed by atoms with Crippen LogP contribution in [0.1, 0.15) is 22.3 Å². The number of allylic oxidation sites excluding steroid dienone is 1. The van der Waals surface area contributed by atoms with Gasteiger partial charge in [-0.1, -0.05) is 12.2 Å². The fourth-order valence-corrected chi connectivity index (χ4v) is 1.97. The van der Waals surface area contributed by atoms with E-state index in [1.165, 1.54) is 7.11 Å². The number of fused-ring (bicyclic) bond motifs is 1. The first-order valence-corrected chi connectivity index (χ1v) is 6.21. The average molecular weight is 264 g/mol. The van der Waals surface area contributed by atoms with E-state index in [2.05, 4.69) is 4.98 Å². The van der Waals surface area contributed by atoms with Crippen LogP contribution >= 0.6 is 11.6 Å². The molecule has 0 unspecified atom stereocenters. The number of carbonyl (C=O) groups excluding carboxylic acids is 1. The summed E-state index contributed by atoms with van der Waals surface area (Å²) in [6, 6.07) is 5.69. The van der Waals surface area contributed by atoms with Crippen molar-refractivity contribution in [1.29, 1.82) is 0 Å². The Morgan fingerprint density at radius 3 is 3.06 bits per heavy atom. The molecule has 94 valence electrons. The predicted octanol–water partition coefficient (Wildman–Crippen LogP) is 3.60. The SMILES string of the molecule is COC(=O)c1cc(C=CCCCl)cc2[nH]ccc12. The van der Waals surface area contributed by atoms with Crippen LogP contribution in [-0.4, -0.2) is 23.9 Å². The molecule has 1 heterocycles. The predicted molar refractivity (Wildman–Crippen MR) is 74.0 cm³/mol. The number of alkyl halides is 1. The lowest BCUT2D eigenvalue weighted by Gasteiger charge is -2.03. The molecule has 0 radical (unpaired) electrons. The second-order valence-electron chi connectivity index (χ2n) is 3.88. The van der Waals surface area contributed by atoms with Gasteiger partial charge in [0.2, 0.25) is 0 Å². The van der Waals surface area contributed by atoms with Crippen LogP contribution in [0.25, 0.3) is 17.0 Å². The molecule has 2 aromatic rings. The fourth-order valence-electron chi connectivity index (χ4n) is 1.85. The van der Waals surface area contributed by atoms with Crippen molar-refractivity contribution in [1.82, 2.24) is 4.98 Å². The number of methoxy groups -OCH3 is 1. The maximum Gasteiger partial charge on any atom is 0.338 e. The molecule has 0 spiro atoms. The molecule has 1 N–H and O–H groups in total. The highest BCUT2D eigenvalue weighted by Gasteiger charge is 2.11. The Morgan fingerprint density at radius 2 is 2.33 bits per heavy atom. The molecule has 2 rings (SSSR count). The molecule has 1 aromatic carbocycles. The summed E-state index contributed by atoms with van der Waals surface area (Å²) in [4.78, 5) is 14.8. The number of H-pyrrole nitrogens is 1. The van der Waals surface area contributed by atoms with Crippen molar-refractivity contribution in [3.8, 4) is 0 Å². The van der Waals surface area contributed by atoms with Crippen molar-refractivity contribution in [3.63, 3.8) is 0 Å². The Kier molecular flexibility index (Phi) is 4.05. The van der Waals surface area contributed by atoms with Gasteiger partial charge in [-0.25, -0.2) is 4.79 Å². The summed E-state index contributed by atoms with van der Waals surface area (Å²) in [5, 5.41) is 0.872. The van der Waals surface area contributed by atoms with Crippen molar-refractivity contribution in [3.05, 3.63) is 41.6 Å². The van der Waals surface area contributed by atoms with E-state index < -0.39 is 0 Å². The first-order chi connectivity index (χ1) is 8.76. The number of hydrogen-bond acceptors (Lipinski definition) is 2. The van der Waals surface area contributed by atoms with E-state index >= 15 is 0 Å². The Balaban J connectivity index is 2.47. The smallest absolute Gasteiger partial charge is 0.338 e. The third kappa shape index (κ3) is 2.57. The summed E-state index contributed by atoms with van der Waals surface area (Å²) in [6.45, 7) is 0. The van der Waals surface area contributed by atoms with Crippen molar-refractivity contribution in [2.24, 2.45) is 0 Å². The van der Waals surface area contributed by atoms with Crippen LogP contribution in [-0.2, 0) is 4.74 Å². The Labute approximate surface area is 110 Å². The van der Waals surface area contributed by atoms with Gasteiger partial charge in [0.05, 0.1) is 12.7 Å². The van der Waals surface area contributed by atoms with Gasteiger partial charge in [0.15, 0.2) is 0 Å². The van der Waals surface area contributed by atoms with E-state index in [0.29, 0.717) is 11.4 Å². The van der Waals surface area contributed by atoms with Crippen LogP contribution in [0.4, 0.5) is 0 Å². The normalized spacial score (nSPS) is 11.2. The van der Waals surface area contributed by atoms with E-state index in [-0.39, 0.29) is 5.97 Å². The molecule has 0 atom stereocenters. The quantitative estimate of drug-likeness (QED) is 0.676. The molecule has 0 saturated carbocycles. The van der Waals surface area contributed by atoms with Crippen LogP contribution in [0.3, 0.4) is 0 Å². The Bertz CT molecular complexity index is 586. The van der Waals surface area contributed by atoms with Gasteiger partial charge < -0.3 is 9.72 Å². The maximum absolute atomic E-state index is 11.7. The summed E-state index contributed by atoms with van der Waals surface area (Å²) in [7, 11) is 1.39. The highest BCUT2D eigenvalue weighted by Crippen LogP contribution is 2.22. The molecular weight excluding hydrogens is 250 g/mol. The lowest BCUT2D eigenvalue weighted by molar-refractivity contribution is 0.0603. The van der Waals surface area contributed by atoms with Crippen LogP contribution in [0.5, 0.6) is 0 Å². The van der Waals surface area contributed by atoms with Gasteiger partial charge in [-0.3, -0.25) is 0 Å². The van der Waals surface area contributed by atoms with Crippen molar-refractivity contribution in [2.45, 2.75) is 6.42 Å². The second kappa shape index (κ2) is 5.74. The summed E-state index contributed by atoms with van der Waals surface area (Å²) in [6.07, 6.45) is 6.55. The standard InChI is InChI=1S/C14H14ClNO2/c1-18-14(17)12-8-10(4-2-3-6-15)9-13-11(12)5-7-16-13/h2,4-5,7-9,16H,3,6H2,1H3. The molecule has 0 bridgehead atoms. The second-order valence-corrected chi connectivity index (χ2v) is 4.26. The van der Waals surface area contributed by atoms with Gasteiger partial charge in [-0.2, -0.15) is 0 Å². The fraction of sp³-hybridized carbons (Fsp3) is 0.214. The summed E-state index contributed by atoms with van der Waals surface area (Å²) in [5.74, 6) is 0.262. The first-order valence-electron chi connectivity index (χ1n) is 5.68. The molecule has 4 heteroatoms. The topological polar surface area (TPSA) is 42.1 Å². The molecule has 0 amide bonds. The molecule has 0 saturated heterocycles. The zero-order chi connectivity index (χ0) is 13.0. The number of esters is 1. The summed E-state index contributed by atoms with van der Waals surface area (Å²) >= 11 is 5.62. The van der Waals surface area contributed by atoms with Crippen molar-refractivity contribution in [2.75, 3.05) is 13.0 Å². The number of aromatic amines is 1. The van der Waals surface area contributed by atoms with Crippen LogP contribution in [0.15, 0.2) is 30.5 Å². The van der Waals surface area contributed by atoms with Crippen molar-refractivity contribution < 1.29 is 9.53 Å². The molecule has 1 aromatic heterocycles. The molecule has 0 aliphatic rings. The number of aromatic nitrogens is 1. The minimum Gasteiger partial charge on any atom is -0.465 e. The lowest BCUT2D eigenvalue weighted by atomic mass is 10.1. The molecule has 3 nitrogen and oxygen atoms in total. The van der Waals surface area contributed by atoms with Gasteiger partial charge >= 0.3 is 5.97 Å². The number of nitrogens with one attached hydrogen (secondary N) is 1. The number of halogens is 1. The third-order valence-corrected chi connectivity index (χ3v) is 2.90. The van der Waals surface area contributed by atoms with E-state index in [9.17, 15) is 4.79 Å². The number of carbonyl (C=O) groups is 1. The van der Waals surface area contributed by atoms with Gasteiger partial charge in [-0.15, -0.1) is 11.6 Å². The number of hydrogen-bond donors (Lipinski definition) is 1. The number of rotatable bonds is 4. The van der Waals surface area contributed by atoms with Crippen LogP contribution < -0.4 is 0 Å². The van der Waals surface area contributed by atoms with E-state index in [1.807, 2.05) is 36.5 Å². The molecule has 0 fully saturated rings. The highest BCUT2D eigenvalue weighted by molar-refractivity contribution is 6.17. The van der Waals surface area contributed by atoms with Gasteiger partial charge in [0.25, 0.3) is 0 Å². The molecular formula is C14H14ClNO2. The van der Waals surface area contributed by atoms with E-state index in [1.54, 1.807) is 0 Å². The van der Waals surface area contributed by atoms with Crippen molar-refractivity contribution >= 4 is 34.5 Å². The lowest BCUT2D eigenvalue weighted by Crippen LogP contribution is -2.02. The first kappa shape index (κ1) is 12.7. The number of ether oxygens (including phenoxy) is 1. The highest BCUT2D eigenvalue weighted by atomic mass is 35.5. The monoisotopic (exact) mass is 263 g/mol. The maximum atomic E-state index is 11.7. The Hall–Kier alpha value is -1.74. The third-order valence-electron chi connectivity index (χ3n) is 2.68. The summed E-state index contributed by atoms with van der Waals surface area (Å²) < 4.78 is 4.80. The average Bonchev–Trinajstić information content (AvgIpc) is 2.85. The van der Waals surface area contributed by atoms with Crippen LogP contribution in [0, 0.1) is 0 Å². The largest absolute Gasteiger partial charge is 0.465 e. The zero-order valence-electron chi connectivity index (χ0n) is 10.1. The van der Waals surface area contributed by atoms with E-state index in [0.717, 1.165) is 22.9 Å². The molecule has 18 heavy (non-hydrogen) atoms. The minimum atomic E-state index is -0.327. The minimum absolute atomic E-state index is 0.327. The molecule has 0 aliphatic carbocycles. The van der Waals surface area contributed by atoms with Gasteiger partial charge in [-0.05, 0) is 30.2 Å². The van der Waals surface area contributed by atoms with E-state index in [4.69, 9.17) is 16.3 Å². The zero-order valence-corrected chi connectivity index (χ0v) is 10.8. The molecule has 0 aliphatic heterocycles. The van der Waals surface area contributed by atoms with Crippen LogP contribution in [0.2, 0.25) is 0 Å². The van der Waals surface area contributed by atoms with Gasteiger partial charge in [0.1, 0.15) is 0 Å². The Morgan fingerprint density at radius 1 is 1.50 bits per heavy atom. The van der Waals surface area contributed by atoms with Gasteiger partial charge in [0, 0.05) is 23.0 Å². The summed E-state index contributed by atoms with van der Waals surface area (Å²) in [5.41, 5.74) is 2.45. The number of benzene rings is 1.